The van der Waals surface area contributed by atoms with Crippen LogP contribution in [0.15, 0.2) is 6.07 Å². The van der Waals surface area contributed by atoms with Gasteiger partial charge in [0.05, 0.1) is 5.92 Å². The van der Waals surface area contributed by atoms with Gasteiger partial charge in [-0.05, 0) is 25.3 Å². The van der Waals surface area contributed by atoms with E-state index in [1.54, 1.807) is 6.07 Å². The number of amides is 1. The number of aromatic amines is 1. The normalized spacial score (nSPS) is 22.8. The van der Waals surface area contributed by atoms with Gasteiger partial charge >= 0.3 is 5.97 Å². The van der Waals surface area contributed by atoms with Crippen molar-refractivity contribution in [2.75, 3.05) is 0 Å². The van der Waals surface area contributed by atoms with Crippen LogP contribution in [-0.2, 0) is 10.2 Å². The van der Waals surface area contributed by atoms with Crippen molar-refractivity contribution in [2.45, 2.75) is 51.5 Å². The van der Waals surface area contributed by atoms with Gasteiger partial charge in [-0.25, -0.2) is 0 Å². The highest BCUT2D eigenvalue weighted by atomic mass is 16.4. The number of aromatic nitrogens is 2. The molecule has 110 valence electrons. The summed E-state index contributed by atoms with van der Waals surface area (Å²) < 4.78 is 0. The Bertz CT molecular complexity index is 516. The molecule has 2 rings (SSSR count). The number of hydrogen-bond donors (Lipinski definition) is 3. The molecule has 1 saturated carbocycles. The lowest BCUT2D eigenvalue weighted by Gasteiger charge is -2.14. The van der Waals surface area contributed by atoms with Gasteiger partial charge in [-0.3, -0.25) is 14.7 Å². The summed E-state index contributed by atoms with van der Waals surface area (Å²) >= 11 is 0. The fraction of sp³-hybridized carbons (Fsp3) is 0.643. The molecule has 2 atom stereocenters. The summed E-state index contributed by atoms with van der Waals surface area (Å²) in [4.78, 5) is 23.0. The third-order valence-electron chi connectivity index (χ3n) is 3.74. The van der Waals surface area contributed by atoms with E-state index in [0.29, 0.717) is 25.0 Å². The molecule has 0 spiro atoms. The van der Waals surface area contributed by atoms with Crippen molar-refractivity contribution in [1.29, 1.82) is 0 Å². The third kappa shape index (κ3) is 3.18. The van der Waals surface area contributed by atoms with Crippen molar-refractivity contribution in [2.24, 2.45) is 5.92 Å². The van der Waals surface area contributed by atoms with Crippen molar-refractivity contribution < 1.29 is 14.7 Å². The average Bonchev–Trinajstić information content (AvgIpc) is 2.95. The first-order chi connectivity index (χ1) is 9.27. The van der Waals surface area contributed by atoms with Crippen LogP contribution in [0.3, 0.4) is 0 Å². The van der Waals surface area contributed by atoms with Crippen LogP contribution in [0.4, 0.5) is 0 Å². The molecule has 0 saturated heterocycles. The monoisotopic (exact) mass is 279 g/mol. The Labute approximate surface area is 118 Å². The molecule has 1 fully saturated rings. The molecule has 1 aromatic heterocycles. The maximum absolute atomic E-state index is 12.1. The SMILES string of the molecule is CC(C)(C)c1cc(C(=O)N[C@H]2CC[C@@H](C(=O)O)C2)n[nH]1. The number of aliphatic carboxylic acids is 1. The van der Waals surface area contributed by atoms with Crippen LogP contribution >= 0.6 is 0 Å². The number of carboxylic acid groups (broad SMARTS) is 1. The van der Waals surface area contributed by atoms with Crippen molar-refractivity contribution in [3.63, 3.8) is 0 Å². The standard InChI is InChI=1S/C14H21N3O3/c1-14(2,3)11-7-10(16-17-11)12(18)15-9-5-4-8(6-9)13(19)20/h7-9H,4-6H2,1-3H3,(H,15,18)(H,16,17)(H,19,20)/t8-,9+/m1/s1. The highest BCUT2D eigenvalue weighted by Gasteiger charge is 2.31. The lowest BCUT2D eigenvalue weighted by Crippen LogP contribution is -2.33. The van der Waals surface area contributed by atoms with Gasteiger partial charge in [0.1, 0.15) is 5.69 Å². The lowest BCUT2D eigenvalue weighted by atomic mass is 9.92. The molecule has 1 aliphatic rings. The Morgan fingerprint density at radius 3 is 2.60 bits per heavy atom. The predicted molar refractivity (Wildman–Crippen MR) is 73.5 cm³/mol. The third-order valence-corrected chi connectivity index (χ3v) is 3.74. The zero-order valence-electron chi connectivity index (χ0n) is 12.1. The Hall–Kier alpha value is -1.85. The second kappa shape index (κ2) is 5.26. The molecule has 1 heterocycles. The average molecular weight is 279 g/mol. The van der Waals surface area contributed by atoms with Gasteiger partial charge in [0.25, 0.3) is 5.91 Å². The molecule has 0 aromatic carbocycles. The largest absolute Gasteiger partial charge is 0.481 e. The number of carbonyl (C=O) groups excluding carboxylic acids is 1. The molecule has 0 bridgehead atoms. The van der Waals surface area contributed by atoms with Gasteiger partial charge in [-0.2, -0.15) is 5.10 Å². The number of carboxylic acids is 1. The molecule has 0 unspecified atom stereocenters. The summed E-state index contributed by atoms with van der Waals surface area (Å²) in [5.41, 5.74) is 1.17. The Balaban J connectivity index is 1.96. The quantitative estimate of drug-likeness (QED) is 0.784. The zero-order valence-corrected chi connectivity index (χ0v) is 12.1. The van der Waals surface area contributed by atoms with Crippen molar-refractivity contribution >= 4 is 11.9 Å². The Morgan fingerprint density at radius 1 is 1.40 bits per heavy atom. The molecule has 0 radical (unpaired) electrons. The second-order valence-corrected chi connectivity index (χ2v) is 6.44. The molecule has 6 nitrogen and oxygen atoms in total. The maximum Gasteiger partial charge on any atom is 0.306 e. The number of carbonyl (C=O) groups is 2. The van der Waals surface area contributed by atoms with E-state index in [2.05, 4.69) is 15.5 Å². The number of hydrogen-bond acceptors (Lipinski definition) is 3. The first-order valence-corrected chi connectivity index (χ1v) is 6.87. The van der Waals surface area contributed by atoms with Gasteiger partial charge in [-0.15, -0.1) is 0 Å². The molecule has 0 aliphatic heterocycles. The van der Waals surface area contributed by atoms with Gasteiger partial charge in [0.2, 0.25) is 0 Å². The second-order valence-electron chi connectivity index (χ2n) is 6.44. The van der Waals surface area contributed by atoms with E-state index in [0.717, 1.165) is 5.69 Å². The number of nitrogens with zero attached hydrogens (tertiary/aromatic N) is 1. The molecule has 6 heteroatoms. The highest BCUT2D eigenvalue weighted by molar-refractivity contribution is 5.92. The predicted octanol–water partition coefficient (Wildman–Crippen LogP) is 1.69. The van der Waals surface area contributed by atoms with Crippen LogP contribution in [0.2, 0.25) is 0 Å². The minimum absolute atomic E-state index is 0.0709. The van der Waals surface area contributed by atoms with E-state index in [9.17, 15) is 9.59 Å². The molecular weight excluding hydrogens is 258 g/mol. The molecule has 1 aromatic rings. The van der Waals surface area contributed by atoms with Gasteiger partial charge in [-0.1, -0.05) is 20.8 Å². The molecular formula is C14H21N3O3. The van der Waals surface area contributed by atoms with Crippen molar-refractivity contribution in [3.8, 4) is 0 Å². The summed E-state index contributed by atoms with van der Waals surface area (Å²) in [6.07, 6.45) is 1.82. The first-order valence-electron chi connectivity index (χ1n) is 6.87. The van der Waals surface area contributed by atoms with E-state index in [1.807, 2.05) is 20.8 Å². The summed E-state index contributed by atoms with van der Waals surface area (Å²) in [6, 6.07) is 1.68. The van der Waals surface area contributed by atoms with Gasteiger partial charge in [0, 0.05) is 17.2 Å². The minimum atomic E-state index is -0.781. The number of nitrogens with one attached hydrogen (secondary N) is 2. The minimum Gasteiger partial charge on any atom is -0.481 e. The maximum atomic E-state index is 12.1. The topological polar surface area (TPSA) is 95.1 Å². The molecule has 1 aliphatic carbocycles. The number of H-pyrrole nitrogens is 1. The van der Waals surface area contributed by atoms with Crippen LogP contribution in [0.1, 0.15) is 56.2 Å². The van der Waals surface area contributed by atoms with E-state index < -0.39 is 5.97 Å². The lowest BCUT2D eigenvalue weighted by molar-refractivity contribution is -0.141. The summed E-state index contributed by atoms with van der Waals surface area (Å²) in [6.45, 7) is 6.11. The Morgan fingerprint density at radius 2 is 2.10 bits per heavy atom. The fourth-order valence-electron chi connectivity index (χ4n) is 2.42. The molecule has 3 N–H and O–H groups in total. The van der Waals surface area contributed by atoms with Crippen LogP contribution in [0.25, 0.3) is 0 Å². The van der Waals surface area contributed by atoms with Gasteiger partial charge in [0.15, 0.2) is 0 Å². The van der Waals surface area contributed by atoms with Crippen molar-refractivity contribution in [1.82, 2.24) is 15.5 Å². The van der Waals surface area contributed by atoms with Crippen molar-refractivity contribution in [3.05, 3.63) is 17.5 Å². The summed E-state index contributed by atoms with van der Waals surface area (Å²) in [7, 11) is 0. The first kappa shape index (κ1) is 14.6. The smallest absolute Gasteiger partial charge is 0.306 e. The van der Waals surface area contributed by atoms with Gasteiger partial charge < -0.3 is 10.4 Å². The molecule has 1 amide bonds. The van der Waals surface area contributed by atoms with E-state index in [1.165, 1.54) is 0 Å². The summed E-state index contributed by atoms with van der Waals surface area (Å²) in [5.74, 6) is -1.37. The van der Waals surface area contributed by atoms with Crippen LogP contribution in [0, 0.1) is 5.92 Å². The van der Waals surface area contributed by atoms with Crippen LogP contribution in [-0.4, -0.2) is 33.2 Å². The highest BCUT2D eigenvalue weighted by Crippen LogP contribution is 2.26. The number of rotatable bonds is 3. The van der Waals surface area contributed by atoms with E-state index in [4.69, 9.17) is 5.11 Å². The molecule has 20 heavy (non-hydrogen) atoms. The Kier molecular flexibility index (Phi) is 3.83. The van der Waals surface area contributed by atoms with E-state index >= 15 is 0 Å². The van der Waals surface area contributed by atoms with E-state index in [-0.39, 0.29) is 23.3 Å². The zero-order chi connectivity index (χ0) is 14.9. The van der Waals surface area contributed by atoms with Crippen LogP contribution < -0.4 is 5.32 Å². The van der Waals surface area contributed by atoms with Crippen LogP contribution in [0.5, 0.6) is 0 Å². The fourth-order valence-corrected chi connectivity index (χ4v) is 2.42. The summed E-state index contributed by atoms with van der Waals surface area (Å²) in [5, 5.41) is 18.7.